The highest BCUT2D eigenvalue weighted by atomic mass is 35.5. The maximum absolute atomic E-state index is 9.37. The molecule has 3 heterocycles. The van der Waals surface area contributed by atoms with E-state index in [1.54, 1.807) is 0 Å². The smallest absolute Gasteiger partial charge is 0.207 e. The molecule has 44 heavy (non-hydrogen) atoms. The number of nitrogens with zero attached hydrogens (tertiary/aromatic N) is 6. The van der Waals surface area contributed by atoms with Crippen LogP contribution >= 0.6 is 11.6 Å². The number of pyridine rings is 1. The van der Waals surface area contributed by atoms with Gasteiger partial charge in [0.15, 0.2) is 6.19 Å². The molecule has 0 aliphatic carbocycles. The van der Waals surface area contributed by atoms with Gasteiger partial charge in [-0.15, -0.1) is 0 Å². The van der Waals surface area contributed by atoms with Gasteiger partial charge in [0.2, 0.25) is 5.96 Å². The van der Waals surface area contributed by atoms with Crippen LogP contribution in [-0.2, 0) is 6.54 Å². The van der Waals surface area contributed by atoms with Crippen molar-refractivity contribution in [2.24, 2.45) is 4.99 Å². The van der Waals surface area contributed by atoms with E-state index in [1.165, 1.54) is 43.5 Å². The van der Waals surface area contributed by atoms with Crippen molar-refractivity contribution in [3.63, 3.8) is 0 Å². The number of hydrogen-bond acceptors (Lipinski definition) is 6. The number of aromatic nitrogens is 1. The van der Waals surface area contributed by atoms with Gasteiger partial charge in [-0.25, -0.2) is 0 Å². The van der Waals surface area contributed by atoms with Gasteiger partial charge in [-0.05, 0) is 86.4 Å². The van der Waals surface area contributed by atoms with Crippen LogP contribution in [0, 0.1) is 11.5 Å². The van der Waals surface area contributed by atoms with E-state index in [1.807, 2.05) is 36.5 Å². The lowest BCUT2D eigenvalue weighted by molar-refractivity contribution is 0.176. The normalized spacial score (nSPS) is 17.2. The van der Waals surface area contributed by atoms with E-state index in [0.717, 1.165) is 68.6 Å². The van der Waals surface area contributed by atoms with E-state index < -0.39 is 0 Å². The van der Waals surface area contributed by atoms with Gasteiger partial charge < -0.3 is 9.64 Å². The largest absolute Gasteiger partial charge is 0.494 e. The highest BCUT2D eigenvalue weighted by molar-refractivity contribution is 6.30. The summed E-state index contributed by atoms with van der Waals surface area (Å²) in [4.78, 5) is 16.6. The molecule has 0 spiro atoms. The van der Waals surface area contributed by atoms with Gasteiger partial charge in [-0.2, -0.15) is 5.26 Å². The van der Waals surface area contributed by atoms with Gasteiger partial charge in [-0.1, -0.05) is 48.4 Å². The highest BCUT2D eigenvalue weighted by Gasteiger charge is 2.22. The number of likely N-dealkylation sites (tertiary alicyclic amines) is 1. The third-order valence-electron chi connectivity index (χ3n) is 8.48. The van der Waals surface area contributed by atoms with Crippen molar-refractivity contribution in [1.82, 2.24) is 25.0 Å². The van der Waals surface area contributed by atoms with E-state index >= 15 is 0 Å². The number of halogens is 1. The van der Waals surface area contributed by atoms with Gasteiger partial charge in [0.25, 0.3) is 0 Å². The fourth-order valence-corrected chi connectivity index (χ4v) is 6.20. The molecule has 3 aromatic rings. The van der Waals surface area contributed by atoms with Gasteiger partial charge in [0.1, 0.15) is 5.75 Å². The molecular weight excluding hydrogens is 570 g/mol. The number of piperazine rings is 1. The number of nitrogens with one attached hydrogen (secondary N) is 1. The van der Waals surface area contributed by atoms with Crippen molar-refractivity contribution < 1.29 is 4.74 Å². The van der Waals surface area contributed by atoms with Crippen molar-refractivity contribution in [3.05, 3.63) is 94.8 Å². The van der Waals surface area contributed by atoms with Crippen LogP contribution in [0.4, 0.5) is 0 Å². The predicted octanol–water partition coefficient (Wildman–Crippen LogP) is 5.76. The van der Waals surface area contributed by atoms with Crippen molar-refractivity contribution >= 4 is 17.6 Å². The van der Waals surface area contributed by atoms with E-state index in [0.29, 0.717) is 19.1 Å². The van der Waals surface area contributed by atoms with Crippen LogP contribution in [0.3, 0.4) is 0 Å². The molecule has 5 rings (SSSR count). The zero-order valence-electron chi connectivity index (χ0n) is 25.6. The molecule has 0 saturated carbocycles. The van der Waals surface area contributed by atoms with Crippen LogP contribution in [0.5, 0.6) is 5.75 Å². The minimum atomic E-state index is 0.211. The van der Waals surface area contributed by atoms with Crippen LogP contribution in [0.15, 0.2) is 77.9 Å². The molecular formula is C35H44ClN7O. The predicted molar refractivity (Wildman–Crippen MR) is 177 cm³/mol. The number of benzene rings is 2. The maximum atomic E-state index is 9.37. The van der Waals surface area contributed by atoms with Gasteiger partial charge in [0.05, 0.1) is 6.61 Å². The van der Waals surface area contributed by atoms with E-state index in [-0.39, 0.29) is 5.92 Å². The van der Waals surface area contributed by atoms with Crippen molar-refractivity contribution in [2.45, 2.75) is 44.6 Å². The number of nitriles is 1. The molecule has 9 heteroatoms. The van der Waals surface area contributed by atoms with Gasteiger partial charge in [0, 0.05) is 68.5 Å². The zero-order valence-corrected chi connectivity index (χ0v) is 26.3. The fourth-order valence-electron chi connectivity index (χ4n) is 6.07. The Morgan fingerprint density at radius 3 is 2.52 bits per heavy atom. The Labute approximate surface area is 267 Å². The first-order valence-corrected chi connectivity index (χ1v) is 16.3. The van der Waals surface area contributed by atoms with Crippen LogP contribution in [0.25, 0.3) is 0 Å². The first-order chi connectivity index (χ1) is 21.7. The molecule has 0 bridgehead atoms. The summed E-state index contributed by atoms with van der Waals surface area (Å²) < 4.78 is 6.05. The molecule has 2 aliphatic heterocycles. The molecule has 2 fully saturated rings. The summed E-state index contributed by atoms with van der Waals surface area (Å²) in [5, 5.41) is 12.9. The molecule has 8 nitrogen and oxygen atoms in total. The van der Waals surface area contributed by atoms with E-state index in [9.17, 15) is 5.26 Å². The molecule has 1 atom stereocenters. The van der Waals surface area contributed by atoms with E-state index in [4.69, 9.17) is 21.3 Å². The summed E-state index contributed by atoms with van der Waals surface area (Å²) in [6.07, 6.45) is 9.64. The Morgan fingerprint density at radius 1 is 0.955 bits per heavy atom. The highest BCUT2D eigenvalue weighted by Crippen LogP contribution is 2.28. The number of piperidine rings is 1. The van der Waals surface area contributed by atoms with E-state index in [2.05, 4.69) is 67.6 Å². The molecule has 232 valence electrons. The number of rotatable bonds is 12. The lowest BCUT2D eigenvalue weighted by Gasteiger charge is -2.36. The molecule has 1 N–H and O–H groups in total. The van der Waals surface area contributed by atoms with Crippen LogP contribution in [0.2, 0.25) is 5.02 Å². The molecule has 2 saturated heterocycles. The Balaban J connectivity index is 1.06. The third kappa shape index (κ3) is 9.68. The van der Waals surface area contributed by atoms with Gasteiger partial charge >= 0.3 is 0 Å². The monoisotopic (exact) mass is 613 g/mol. The Hall–Kier alpha value is -3.64. The molecule has 2 aromatic carbocycles. The lowest BCUT2D eigenvalue weighted by Crippen LogP contribution is -2.52. The number of guanidine groups is 1. The number of hydrogen-bond donors (Lipinski definition) is 1. The quantitative estimate of drug-likeness (QED) is 0.0915. The van der Waals surface area contributed by atoms with Gasteiger partial charge in [-0.3, -0.25) is 25.1 Å². The summed E-state index contributed by atoms with van der Waals surface area (Å²) in [6, 6.07) is 22.7. The van der Waals surface area contributed by atoms with Crippen LogP contribution < -0.4 is 10.1 Å². The summed E-state index contributed by atoms with van der Waals surface area (Å²) in [5.41, 5.74) is 3.61. The standard InChI is InChI=1S/C35H44ClN7O/c36-31-13-11-30(12-14-31)33(34-10-2-3-16-38-34)15-20-41-21-23-43(24-22-41)35(40-28-37)39-17-7-25-44-32-9-6-8-29(26-32)27-42-18-4-1-5-19-42/h2-3,6,8-14,16,26,33H,1,4-5,7,15,17-25,27H2,(H,39,40). The van der Waals surface area contributed by atoms with Crippen molar-refractivity contribution in [2.75, 3.05) is 59.0 Å². The summed E-state index contributed by atoms with van der Waals surface area (Å²) in [6.45, 7) is 9.00. The minimum Gasteiger partial charge on any atom is -0.494 e. The maximum Gasteiger partial charge on any atom is 0.207 e. The van der Waals surface area contributed by atoms with Crippen LogP contribution in [-0.4, -0.2) is 84.6 Å². The first kappa shape index (κ1) is 31.8. The Morgan fingerprint density at radius 2 is 1.77 bits per heavy atom. The SMILES string of the molecule is N#CNC(=NCCCOc1cccc(CN2CCCCC2)c1)N1CCN(CCC(c2ccc(Cl)cc2)c2ccccn2)CC1. The molecule has 0 radical (unpaired) electrons. The Kier molecular flexibility index (Phi) is 12.3. The molecule has 1 aromatic heterocycles. The molecule has 2 aliphatic rings. The molecule has 1 unspecified atom stereocenters. The second-order valence-electron chi connectivity index (χ2n) is 11.6. The fraction of sp³-hybridized carbons (Fsp3) is 0.457. The average Bonchev–Trinajstić information content (AvgIpc) is 3.06. The summed E-state index contributed by atoms with van der Waals surface area (Å²) in [5.74, 6) is 1.78. The second-order valence-corrected chi connectivity index (χ2v) is 12.0. The minimum absolute atomic E-state index is 0.211. The summed E-state index contributed by atoms with van der Waals surface area (Å²) in [7, 11) is 0. The average molecular weight is 614 g/mol. The van der Waals surface area contributed by atoms with Crippen molar-refractivity contribution in [3.8, 4) is 11.9 Å². The Bertz CT molecular complexity index is 1350. The topological polar surface area (TPSA) is 80.0 Å². The summed E-state index contributed by atoms with van der Waals surface area (Å²) >= 11 is 6.16. The third-order valence-corrected chi connectivity index (χ3v) is 8.73. The second kappa shape index (κ2) is 17.0. The van der Waals surface area contributed by atoms with Crippen molar-refractivity contribution in [1.29, 1.82) is 5.26 Å². The number of ether oxygens (including phenoxy) is 1. The number of aliphatic imine (C=N–C) groups is 1. The van der Waals surface area contributed by atoms with Crippen LogP contribution in [0.1, 0.15) is 54.8 Å². The zero-order chi connectivity index (χ0) is 30.4. The molecule has 0 amide bonds. The first-order valence-electron chi connectivity index (χ1n) is 16.0. The lowest BCUT2D eigenvalue weighted by atomic mass is 9.91.